The Balaban J connectivity index is 1.24. The predicted molar refractivity (Wildman–Crippen MR) is 240 cm³/mol. The van der Waals surface area contributed by atoms with Crippen molar-refractivity contribution in [2.45, 2.75) is 18.3 Å². The number of aryl methyl sites for hydroxylation is 1. The van der Waals surface area contributed by atoms with E-state index in [1.807, 2.05) is 0 Å². The van der Waals surface area contributed by atoms with Gasteiger partial charge in [0.05, 0.1) is 27.8 Å². The number of allylic oxidation sites excluding steroid dienone is 1. The Morgan fingerprint density at radius 2 is 1.05 bits per heavy atom. The normalized spacial score (nSPS) is 14.2. The minimum atomic E-state index is -0.596. The lowest BCUT2D eigenvalue weighted by Crippen LogP contribution is -2.37. The minimum absolute atomic E-state index is 0.596. The summed E-state index contributed by atoms with van der Waals surface area (Å²) in [6.07, 6.45) is 6.81. The Bertz CT molecular complexity index is 3190. The van der Waals surface area contributed by atoms with Crippen LogP contribution in [-0.2, 0) is 11.8 Å². The first kappa shape index (κ1) is 32.1. The minimum Gasteiger partial charge on any atom is -0.310 e. The number of aromatic nitrogens is 1. The Hall–Kier alpha value is -7.16. The standard InChI is InChI=1S/C55H38N2/c1-4-18-37(19-5-1)55(38-20-6-2-7-21-38)49-29-15-17-31-52(49)56(39-22-8-3-9-23-39)54-35-48-46-28-14-16-30-51(46)57(53(48)36-50(54)55)40-32-33-45-43-26-11-10-24-41(43)42-25-12-13-27-44(42)47(45)34-40/h1-10,12-25,27-36H,11,26H2. The molecule has 0 fully saturated rings. The summed E-state index contributed by atoms with van der Waals surface area (Å²) in [6, 6.07) is 72.3. The average molecular weight is 727 g/mol. The van der Waals surface area contributed by atoms with Crippen molar-refractivity contribution in [3.05, 3.63) is 234 Å². The zero-order valence-corrected chi connectivity index (χ0v) is 31.4. The van der Waals surface area contributed by atoms with Crippen LogP contribution in [0.1, 0.15) is 39.8 Å². The maximum Gasteiger partial charge on any atom is 0.0743 e. The van der Waals surface area contributed by atoms with Gasteiger partial charge >= 0.3 is 0 Å². The van der Waals surface area contributed by atoms with Crippen LogP contribution in [0.2, 0.25) is 0 Å². The summed E-state index contributed by atoms with van der Waals surface area (Å²) in [5.74, 6) is 0. The molecule has 0 unspecified atom stereocenters. The van der Waals surface area contributed by atoms with Crippen molar-refractivity contribution in [1.82, 2.24) is 4.57 Å². The predicted octanol–water partition coefficient (Wildman–Crippen LogP) is 14.2. The quantitative estimate of drug-likeness (QED) is 0.164. The molecule has 2 heterocycles. The summed E-state index contributed by atoms with van der Waals surface area (Å²) >= 11 is 0. The molecule has 0 atom stereocenters. The molecule has 0 N–H and O–H groups in total. The fourth-order valence-electron chi connectivity index (χ4n) is 10.4. The second-order valence-corrected chi connectivity index (χ2v) is 15.5. The SMILES string of the molecule is C1=Cc2c(c3ccc(-n4c5ccccc5c5cc6c(cc54)C(c4ccccc4)(c4ccccc4)c4ccccc4N6c4ccccc4)cc3c3ccccc23)CC1. The molecule has 10 aromatic rings. The van der Waals surface area contributed by atoms with Crippen molar-refractivity contribution in [3.63, 3.8) is 0 Å². The van der Waals surface area contributed by atoms with Gasteiger partial charge in [0.1, 0.15) is 0 Å². The van der Waals surface area contributed by atoms with E-state index in [-0.39, 0.29) is 0 Å². The third-order valence-electron chi connectivity index (χ3n) is 12.7. The van der Waals surface area contributed by atoms with Crippen molar-refractivity contribution in [2.24, 2.45) is 0 Å². The number of para-hydroxylation sites is 3. The maximum atomic E-state index is 2.52. The molecule has 2 heteroatoms. The molecule has 0 amide bonds. The van der Waals surface area contributed by atoms with Crippen LogP contribution >= 0.6 is 0 Å². The fraction of sp³-hybridized carbons (Fsp3) is 0.0545. The topological polar surface area (TPSA) is 8.17 Å². The molecule has 1 aliphatic heterocycles. The molecule has 0 saturated heterocycles. The van der Waals surface area contributed by atoms with Gasteiger partial charge in [0.15, 0.2) is 0 Å². The van der Waals surface area contributed by atoms with Crippen LogP contribution in [0.15, 0.2) is 200 Å². The number of nitrogens with zero attached hydrogens (tertiary/aromatic N) is 2. The van der Waals surface area contributed by atoms with Gasteiger partial charge in [0.25, 0.3) is 0 Å². The van der Waals surface area contributed by atoms with Gasteiger partial charge in [-0.25, -0.2) is 0 Å². The molecular formula is C55H38N2. The number of hydrogen-bond acceptors (Lipinski definition) is 1. The number of rotatable bonds is 4. The summed E-state index contributed by atoms with van der Waals surface area (Å²) in [7, 11) is 0. The van der Waals surface area contributed by atoms with E-state index in [4.69, 9.17) is 0 Å². The summed E-state index contributed by atoms with van der Waals surface area (Å²) in [4.78, 5) is 2.49. The molecule has 0 bridgehead atoms. The van der Waals surface area contributed by atoms with Crippen molar-refractivity contribution >= 4 is 66.5 Å². The Morgan fingerprint density at radius 1 is 0.404 bits per heavy atom. The molecule has 0 saturated carbocycles. The molecule has 1 aromatic heterocycles. The summed E-state index contributed by atoms with van der Waals surface area (Å²) < 4.78 is 2.52. The van der Waals surface area contributed by atoms with Crippen LogP contribution in [0.4, 0.5) is 17.1 Å². The van der Waals surface area contributed by atoms with Gasteiger partial charge in [-0.05, 0) is 116 Å². The Morgan fingerprint density at radius 3 is 1.82 bits per heavy atom. The summed E-state index contributed by atoms with van der Waals surface area (Å²) in [6.45, 7) is 0. The van der Waals surface area contributed by atoms with E-state index in [2.05, 4.69) is 216 Å². The summed E-state index contributed by atoms with van der Waals surface area (Å²) in [5.41, 5.74) is 14.3. The van der Waals surface area contributed by atoms with Crippen molar-refractivity contribution in [2.75, 3.05) is 4.90 Å². The van der Waals surface area contributed by atoms with Crippen molar-refractivity contribution in [1.29, 1.82) is 0 Å². The van der Waals surface area contributed by atoms with Gasteiger partial charge in [-0.15, -0.1) is 0 Å². The van der Waals surface area contributed by atoms with E-state index in [1.165, 1.54) is 93.8 Å². The zero-order valence-electron chi connectivity index (χ0n) is 31.4. The molecule has 0 spiro atoms. The zero-order chi connectivity index (χ0) is 37.5. The first-order chi connectivity index (χ1) is 28.3. The first-order valence-electron chi connectivity index (χ1n) is 20.1. The Labute approximate surface area is 332 Å². The molecule has 2 nitrogen and oxygen atoms in total. The lowest BCUT2D eigenvalue weighted by atomic mass is 9.62. The molecule has 2 aliphatic rings. The number of anilines is 3. The van der Waals surface area contributed by atoms with E-state index in [1.54, 1.807) is 0 Å². The van der Waals surface area contributed by atoms with E-state index >= 15 is 0 Å². The van der Waals surface area contributed by atoms with Gasteiger partial charge in [-0.2, -0.15) is 0 Å². The highest BCUT2D eigenvalue weighted by Gasteiger charge is 2.47. The fourth-order valence-corrected chi connectivity index (χ4v) is 10.4. The average Bonchev–Trinajstić information content (AvgIpc) is 3.61. The number of fused-ring (bicyclic) bond motifs is 11. The van der Waals surface area contributed by atoms with Gasteiger partial charge in [0.2, 0.25) is 0 Å². The molecular weight excluding hydrogens is 689 g/mol. The second kappa shape index (κ2) is 12.4. The third-order valence-corrected chi connectivity index (χ3v) is 12.7. The molecule has 9 aromatic carbocycles. The van der Waals surface area contributed by atoms with Gasteiger partial charge in [0, 0.05) is 22.1 Å². The lowest BCUT2D eigenvalue weighted by Gasteiger charge is -2.46. The largest absolute Gasteiger partial charge is 0.310 e. The van der Waals surface area contributed by atoms with Crippen LogP contribution in [0, 0.1) is 0 Å². The second-order valence-electron chi connectivity index (χ2n) is 15.5. The molecule has 57 heavy (non-hydrogen) atoms. The van der Waals surface area contributed by atoms with Crippen LogP contribution in [-0.4, -0.2) is 4.57 Å². The van der Waals surface area contributed by atoms with Crippen LogP contribution in [0.25, 0.3) is 55.1 Å². The maximum absolute atomic E-state index is 2.52. The summed E-state index contributed by atoms with van der Waals surface area (Å²) in [5, 5.41) is 7.79. The van der Waals surface area contributed by atoms with Crippen LogP contribution in [0.5, 0.6) is 0 Å². The van der Waals surface area contributed by atoms with Gasteiger partial charge in [-0.1, -0.05) is 158 Å². The van der Waals surface area contributed by atoms with Crippen molar-refractivity contribution < 1.29 is 0 Å². The molecule has 0 radical (unpaired) electrons. The molecule has 1 aliphatic carbocycles. The number of hydrogen-bond donors (Lipinski definition) is 0. The smallest absolute Gasteiger partial charge is 0.0743 e. The molecule has 12 rings (SSSR count). The monoisotopic (exact) mass is 726 g/mol. The van der Waals surface area contributed by atoms with Crippen LogP contribution < -0.4 is 4.90 Å². The highest BCUT2D eigenvalue weighted by Crippen LogP contribution is 2.59. The number of benzene rings is 9. The van der Waals surface area contributed by atoms with Crippen LogP contribution in [0.3, 0.4) is 0 Å². The van der Waals surface area contributed by atoms with E-state index < -0.39 is 5.41 Å². The first-order valence-corrected chi connectivity index (χ1v) is 20.1. The van der Waals surface area contributed by atoms with Crippen molar-refractivity contribution in [3.8, 4) is 5.69 Å². The highest BCUT2D eigenvalue weighted by molar-refractivity contribution is 6.15. The van der Waals surface area contributed by atoms with E-state index in [9.17, 15) is 0 Å². The lowest BCUT2D eigenvalue weighted by molar-refractivity contribution is 0.732. The third kappa shape index (κ3) is 4.53. The van der Waals surface area contributed by atoms with Gasteiger partial charge in [-0.3, -0.25) is 0 Å². The highest BCUT2D eigenvalue weighted by atomic mass is 15.2. The van der Waals surface area contributed by atoms with E-state index in [0.29, 0.717) is 0 Å². The molecule has 268 valence electrons. The Kier molecular flexibility index (Phi) is 7.00. The van der Waals surface area contributed by atoms with E-state index in [0.717, 1.165) is 18.5 Å². The van der Waals surface area contributed by atoms with Gasteiger partial charge < -0.3 is 9.47 Å².